The fraction of sp³-hybridized carbons (Fsp3) is 0.588. The predicted molar refractivity (Wildman–Crippen MR) is 84.8 cm³/mol. The zero-order valence-corrected chi connectivity index (χ0v) is 12.8. The molecule has 3 aliphatic rings. The molecular formula is C17H23N3O2. The minimum absolute atomic E-state index is 0.0996. The molecule has 2 atom stereocenters. The van der Waals surface area contributed by atoms with Crippen LogP contribution in [0.4, 0.5) is 0 Å². The highest BCUT2D eigenvalue weighted by Crippen LogP contribution is 2.29. The minimum atomic E-state index is 0.0996. The number of fused-ring (bicyclic) bond motifs is 2. The average Bonchev–Trinajstić information content (AvgIpc) is 3.17. The number of aliphatic imine (C=N–C) groups is 1. The number of rotatable bonds is 3. The summed E-state index contributed by atoms with van der Waals surface area (Å²) in [5.41, 5.74) is 2.91. The first-order valence-corrected chi connectivity index (χ1v) is 8.20. The van der Waals surface area contributed by atoms with Crippen LogP contribution in [0.15, 0.2) is 29.3 Å². The molecule has 22 heavy (non-hydrogen) atoms. The average molecular weight is 301 g/mol. The predicted octanol–water partition coefficient (Wildman–Crippen LogP) is 0.866. The van der Waals surface area contributed by atoms with Gasteiger partial charge in [0.1, 0.15) is 0 Å². The van der Waals surface area contributed by atoms with Gasteiger partial charge in [0.25, 0.3) is 0 Å². The third kappa shape index (κ3) is 2.48. The third-order valence-corrected chi connectivity index (χ3v) is 4.93. The first-order valence-electron chi connectivity index (χ1n) is 8.20. The van der Waals surface area contributed by atoms with Crippen LogP contribution in [0.3, 0.4) is 0 Å². The van der Waals surface area contributed by atoms with Gasteiger partial charge >= 0.3 is 0 Å². The standard InChI is InChI=1S/C17H23N3O2/c21-7-8-22-16-5-6-19(12-16)17-18-10-15-9-13-3-1-2-4-14(13)11-20(15)17/h1-4,15-16,21H,5-12H2/t15-,16?/m0/s1. The van der Waals surface area contributed by atoms with Gasteiger partial charge in [0.05, 0.1) is 31.9 Å². The fourth-order valence-corrected chi connectivity index (χ4v) is 3.81. The number of aliphatic hydroxyl groups excluding tert-OH is 1. The zero-order chi connectivity index (χ0) is 14.9. The Hall–Kier alpha value is -1.59. The molecule has 0 amide bonds. The van der Waals surface area contributed by atoms with Gasteiger partial charge in [-0.2, -0.15) is 0 Å². The molecule has 5 nitrogen and oxygen atoms in total. The van der Waals surface area contributed by atoms with E-state index >= 15 is 0 Å². The van der Waals surface area contributed by atoms with Crippen molar-refractivity contribution in [2.75, 3.05) is 32.8 Å². The molecule has 0 radical (unpaired) electrons. The summed E-state index contributed by atoms with van der Waals surface area (Å²) < 4.78 is 5.67. The number of aliphatic hydroxyl groups is 1. The summed E-state index contributed by atoms with van der Waals surface area (Å²) in [5, 5.41) is 8.88. The zero-order valence-electron chi connectivity index (χ0n) is 12.8. The van der Waals surface area contributed by atoms with E-state index in [9.17, 15) is 0 Å². The highest BCUT2D eigenvalue weighted by atomic mass is 16.5. The molecule has 1 N–H and O–H groups in total. The molecule has 4 rings (SSSR count). The number of nitrogens with zero attached hydrogens (tertiary/aromatic N) is 3. The maximum atomic E-state index is 8.88. The second kappa shape index (κ2) is 5.89. The van der Waals surface area contributed by atoms with E-state index in [4.69, 9.17) is 14.8 Å². The van der Waals surface area contributed by atoms with Crippen molar-refractivity contribution in [3.05, 3.63) is 35.4 Å². The summed E-state index contributed by atoms with van der Waals surface area (Å²) in [4.78, 5) is 9.65. The lowest BCUT2D eigenvalue weighted by molar-refractivity contribution is 0.0365. The number of hydrogen-bond acceptors (Lipinski definition) is 5. The Morgan fingerprint density at radius 2 is 2.14 bits per heavy atom. The molecule has 3 aliphatic heterocycles. The van der Waals surface area contributed by atoms with Crippen LogP contribution < -0.4 is 0 Å². The summed E-state index contributed by atoms with van der Waals surface area (Å²) in [7, 11) is 0. The van der Waals surface area contributed by atoms with Gasteiger partial charge < -0.3 is 19.6 Å². The first-order chi connectivity index (χ1) is 10.8. The van der Waals surface area contributed by atoms with Crippen LogP contribution in [0.5, 0.6) is 0 Å². The van der Waals surface area contributed by atoms with Gasteiger partial charge in [-0.3, -0.25) is 4.99 Å². The summed E-state index contributed by atoms with van der Waals surface area (Å²) in [5.74, 6) is 1.15. The van der Waals surface area contributed by atoms with Crippen molar-refractivity contribution in [1.82, 2.24) is 9.80 Å². The second-order valence-electron chi connectivity index (χ2n) is 6.35. The van der Waals surface area contributed by atoms with E-state index in [-0.39, 0.29) is 12.7 Å². The molecule has 5 heteroatoms. The van der Waals surface area contributed by atoms with Crippen LogP contribution in [0.1, 0.15) is 17.5 Å². The lowest BCUT2D eigenvalue weighted by Gasteiger charge is -2.36. The molecule has 1 unspecified atom stereocenters. The van der Waals surface area contributed by atoms with Gasteiger partial charge in [-0.05, 0) is 24.0 Å². The SMILES string of the molecule is OCCOC1CCN(C2=NC[C@@H]3Cc4ccccc4CN23)C1. The lowest BCUT2D eigenvalue weighted by atomic mass is 9.95. The summed E-state index contributed by atoms with van der Waals surface area (Å²) >= 11 is 0. The lowest BCUT2D eigenvalue weighted by Crippen LogP contribution is -2.47. The topological polar surface area (TPSA) is 48.3 Å². The van der Waals surface area contributed by atoms with Crippen molar-refractivity contribution in [2.24, 2.45) is 4.99 Å². The Morgan fingerprint density at radius 1 is 1.27 bits per heavy atom. The number of benzene rings is 1. The molecular weight excluding hydrogens is 278 g/mol. The molecule has 0 spiro atoms. The van der Waals surface area contributed by atoms with Crippen LogP contribution >= 0.6 is 0 Å². The molecule has 0 bridgehead atoms. The Labute approximate surface area is 131 Å². The molecule has 0 aromatic heterocycles. The van der Waals surface area contributed by atoms with Gasteiger partial charge in [0, 0.05) is 19.6 Å². The van der Waals surface area contributed by atoms with Crippen molar-refractivity contribution < 1.29 is 9.84 Å². The fourth-order valence-electron chi connectivity index (χ4n) is 3.81. The number of guanidine groups is 1. The van der Waals surface area contributed by atoms with Gasteiger partial charge in [0.15, 0.2) is 5.96 Å². The van der Waals surface area contributed by atoms with E-state index in [2.05, 4.69) is 34.1 Å². The van der Waals surface area contributed by atoms with E-state index in [0.717, 1.165) is 45.0 Å². The number of hydrogen-bond donors (Lipinski definition) is 1. The van der Waals surface area contributed by atoms with Crippen LogP contribution in [-0.2, 0) is 17.7 Å². The molecule has 0 aliphatic carbocycles. The number of ether oxygens (including phenoxy) is 1. The molecule has 1 saturated heterocycles. The van der Waals surface area contributed by atoms with Crippen LogP contribution in [-0.4, -0.2) is 65.9 Å². The van der Waals surface area contributed by atoms with Gasteiger partial charge in [0.2, 0.25) is 0 Å². The Bertz CT molecular complexity index is 575. The monoisotopic (exact) mass is 301 g/mol. The molecule has 118 valence electrons. The van der Waals surface area contributed by atoms with E-state index in [1.807, 2.05) is 0 Å². The largest absolute Gasteiger partial charge is 0.394 e. The van der Waals surface area contributed by atoms with Crippen molar-refractivity contribution in [3.8, 4) is 0 Å². The summed E-state index contributed by atoms with van der Waals surface area (Å²) in [6.45, 7) is 4.30. The molecule has 0 saturated carbocycles. The maximum absolute atomic E-state index is 8.88. The van der Waals surface area contributed by atoms with E-state index in [1.165, 1.54) is 11.1 Å². The second-order valence-corrected chi connectivity index (χ2v) is 6.35. The summed E-state index contributed by atoms with van der Waals surface area (Å²) in [6.07, 6.45) is 2.35. The van der Waals surface area contributed by atoms with Crippen LogP contribution in [0, 0.1) is 0 Å². The van der Waals surface area contributed by atoms with E-state index in [0.29, 0.717) is 12.6 Å². The van der Waals surface area contributed by atoms with Crippen molar-refractivity contribution >= 4 is 5.96 Å². The smallest absolute Gasteiger partial charge is 0.197 e. The number of likely N-dealkylation sites (tertiary alicyclic amines) is 1. The first kappa shape index (κ1) is 14.0. The van der Waals surface area contributed by atoms with Crippen LogP contribution in [0.2, 0.25) is 0 Å². The normalized spacial score (nSPS) is 26.9. The minimum Gasteiger partial charge on any atom is -0.394 e. The van der Waals surface area contributed by atoms with Crippen LogP contribution in [0.25, 0.3) is 0 Å². The van der Waals surface area contributed by atoms with Crippen molar-refractivity contribution in [2.45, 2.75) is 31.5 Å². The Balaban J connectivity index is 1.45. The highest BCUT2D eigenvalue weighted by molar-refractivity contribution is 5.83. The van der Waals surface area contributed by atoms with Crippen molar-refractivity contribution in [1.29, 1.82) is 0 Å². The molecule has 1 aromatic rings. The van der Waals surface area contributed by atoms with Gasteiger partial charge in [-0.25, -0.2) is 0 Å². The molecule has 3 heterocycles. The van der Waals surface area contributed by atoms with Gasteiger partial charge in [-0.15, -0.1) is 0 Å². The molecule has 1 fully saturated rings. The quantitative estimate of drug-likeness (QED) is 0.900. The third-order valence-electron chi connectivity index (χ3n) is 4.93. The van der Waals surface area contributed by atoms with Gasteiger partial charge in [-0.1, -0.05) is 24.3 Å². The Kier molecular flexibility index (Phi) is 3.76. The summed E-state index contributed by atoms with van der Waals surface area (Å²) in [6, 6.07) is 9.26. The van der Waals surface area contributed by atoms with Crippen molar-refractivity contribution in [3.63, 3.8) is 0 Å². The van der Waals surface area contributed by atoms with E-state index < -0.39 is 0 Å². The van der Waals surface area contributed by atoms with E-state index in [1.54, 1.807) is 0 Å². The maximum Gasteiger partial charge on any atom is 0.197 e. The molecule has 1 aromatic carbocycles. The highest BCUT2D eigenvalue weighted by Gasteiger charge is 2.37. The Morgan fingerprint density at radius 3 is 3.00 bits per heavy atom.